The lowest BCUT2D eigenvalue weighted by atomic mass is 10.3. The molecule has 106 valence electrons. The van der Waals surface area contributed by atoms with Crippen molar-refractivity contribution in [1.29, 1.82) is 0 Å². The second-order valence-corrected chi connectivity index (χ2v) is 5.06. The largest absolute Gasteiger partial charge is 0.492 e. The van der Waals surface area contributed by atoms with Crippen LogP contribution in [0, 0.1) is 0 Å². The Bertz CT molecular complexity index is 542. The molecule has 1 N–H and O–H groups in total. The Labute approximate surface area is 122 Å². The van der Waals surface area contributed by atoms with E-state index in [1.54, 1.807) is 6.20 Å². The Kier molecular flexibility index (Phi) is 5.49. The molecular weight excluding hydrogens is 274 g/mol. The molecule has 0 saturated heterocycles. The molecule has 0 unspecified atom stereocenters. The fourth-order valence-electron chi connectivity index (χ4n) is 1.55. The van der Waals surface area contributed by atoms with E-state index in [0.29, 0.717) is 18.9 Å². The summed E-state index contributed by atoms with van der Waals surface area (Å²) in [6, 6.07) is 9.54. The molecule has 0 bridgehead atoms. The van der Waals surface area contributed by atoms with E-state index in [1.165, 1.54) is 11.8 Å². The molecule has 5 nitrogen and oxygen atoms in total. The molecule has 0 fully saturated rings. The highest BCUT2D eigenvalue weighted by Gasteiger charge is 2.05. The molecule has 1 amide bonds. The quantitative estimate of drug-likeness (QED) is 0.623. The molecule has 1 aromatic carbocycles. The van der Waals surface area contributed by atoms with E-state index < -0.39 is 0 Å². The summed E-state index contributed by atoms with van der Waals surface area (Å²) in [5, 5.41) is 3.65. The van der Waals surface area contributed by atoms with Crippen LogP contribution >= 0.6 is 11.8 Å². The van der Waals surface area contributed by atoms with Gasteiger partial charge in [-0.3, -0.25) is 4.79 Å². The van der Waals surface area contributed by atoms with E-state index in [-0.39, 0.29) is 5.91 Å². The first-order valence-corrected chi connectivity index (χ1v) is 7.29. The summed E-state index contributed by atoms with van der Waals surface area (Å²) in [6.45, 7) is 0.956. The number of hydrogen-bond donors (Lipinski definition) is 1. The Balaban J connectivity index is 1.60. The second-order valence-electron chi connectivity index (χ2n) is 4.12. The van der Waals surface area contributed by atoms with E-state index >= 15 is 0 Å². The number of aromatic nitrogens is 2. The van der Waals surface area contributed by atoms with Crippen LogP contribution in [0.25, 0.3) is 0 Å². The number of aryl methyl sites for hydroxylation is 1. The molecule has 1 heterocycles. The third-order valence-electron chi connectivity index (χ3n) is 2.55. The van der Waals surface area contributed by atoms with Crippen molar-refractivity contribution in [3.8, 4) is 5.75 Å². The summed E-state index contributed by atoms with van der Waals surface area (Å²) in [6.07, 6.45) is 3.57. The molecule has 2 aromatic rings. The zero-order valence-corrected chi connectivity index (χ0v) is 12.1. The molecular formula is C14H17N3O2S. The molecule has 0 radical (unpaired) electrons. The molecule has 20 heavy (non-hydrogen) atoms. The highest BCUT2D eigenvalue weighted by Crippen LogP contribution is 2.13. The van der Waals surface area contributed by atoms with Crippen molar-refractivity contribution < 1.29 is 9.53 Å². The summed E-state index contributed by atoms with van der Waals surface area (Å²) < 4.78 is 7.37. The number of hydrogen-bond acceptors (Lipinski definition) is 4. The van der Waals surface area contributed by atoms with Crippen LogP contribution in [-0.4, -0.2) is 34.4 Å². The Hall–Kier alpha value is -1.95. The van der Waals surface area contributed by atoms with Crippen LogP contribution in [0.5, 0.6) is 5.75 Å². The fraction of sp³-hybridized carbons (Fsp3) is 0.286. The van der Waals surface area contributed by atoms with Crippen LogP contribution in [0.15, 0.2) is 47.9 Å². The minimum Gasteiger partial charge on any atom is -0.492 e. The number of carbonyl (C=O) groups excluding carboxylic acids is 1. The molecule has 0 aliphatic heterocycles. The van der Waals surface area contributed by atoms with Crippen LogP contribution in [0.2, 0.25) is 0 Å². The third-order valence-corrected chi connectivity index (χ3v) is 3.60. The normalized spacial score (nSPS) is 10.2. The topological polar surface area (TPSA) is 56.2 Å². The average Bonchev–Trinajstić information content (AvgIpc) is 2.88. The van der Waals surface area contributed by atoms with Crippen molar-refractivity contribution in [2.45, 2.75) is 5.16 Å². The number of para-hydroxylation sites is 1. The van der Waals surface area contributed by atoms with Gasteiger partial charge in [-0.2, -0.15) is 0 Å². The molecule has 0 spiro atoms. The van der Waals surface area contributed by atoms with Crippen LogP contribution in [0.3, 0.4) is 0 Å². The molecule has 0 aliphatic carbocycles. The van der Waals surface area contributed by atoms with E-state index in [9.17, 15) is 4.79 Å². The van der Waals surface area contributed by atoms with Gasteiger partial charge in [0.1, 0.15) is 12.4 Å². The highest BCUT2D eigenvalue weighted by atomic mass is 32.2. The first-order chi connectivity index (χ1) is 9.75. The van der Waals surface area contributed by atoms with Crippen molar-refractivity contribution in [1.82, 2.24) is 14.9 Å². The smallest absolute Gasteiger partial charge is 0.230 e. The molecule has 1 aromatic heterocycles. The number of benzene rings is 1. The molecule has 2 rings (SSSR count). The van der Waals surface area contributed by atoms with Crippen LogP contribution in [-0.2, 0) is 11.8 Å². The summed E-state index contributed by atoms with van der Waals surface area (Å²) in [7, 11) is 1.90. The lowest BCUT2D eigenvalue weighted by molar-refractivity contribution is -0.118. The Morgan fingerprint density at radius 2 is 2.20 bits per heavy atom. The second kappa shape index (κ2) is 7.59. The number of amides is 1. The number of imidazole rings is 1. The molecule has 0 saturated carbocycles. The van der Waals surface area contributed by atoms with E-state index in [4.69, 9.17) is 4.74 Å². The van der Waals surface area contributed by atoms with Gasteiger partial charge in [-0.1, -0.05) is 30.0 Å². The van der Waals surface area contributed by atoms with E-state index in [2.05, 4.69) is 10.3 Å². The van der Waals surface area contributed by atoms with Gasteiger partial charge in [0, 0.05) is 19.4 Å². The van der Waals surface area contributed by atoms with Gasteiger partial charge in [0.2, 0.25) is 5.91 Å². The van der Waals surface area contributed by atoms with Gasteiger partial charge in [0.25, 0.3) is 0 Å². The summed E-state index contributed by atoms with van der Waals surface area (Å²) >= 11 is 1.42. The number of ether oxygens (including phenoxy) is 1. The lowest BCUT2D eigenvalue weighted by Gasteiger charge is -2.07. The molecule has 6 heteroatoms. The van der Waals surface area contributed by atoms with Gasteiger partial charge in [-0.05, 0) is 12.1 Å². The monoisotopic (exact) mass is 291 g/mol. The van der Waals surface area contributed by atoms with Gasteiger partial charge < -0.3 is 14.6 Å². The standard InChI is InChI=1S/C14H17N3O2S/c1-17-9-7-16-14(17)20-11-13(18)15-8-10-19-12-5-3-2-4-6-12/h2-7,9H,8,10-11H2,1H3,(H,15,18). The SMILES string of the molecule is Cn1ccnc1SCC(=O)NCCOc1ccccc1. The average molecular weight is 291 g/mol. The Morgan fingerprint density at radius 1 is 1.40 bits per heavy atom. The summed E-state index contributed by atoms with van der Waals surface area (Å²) in [4.78, 5) is 15.8. The maximum atomic E-state index is 11.6. The highest BCUT2D eigenvalue weighted by molar-refractivity contribution is 7.99. The maximum Gasteiger partial charge on any atom is 0.230 e. The van der Waals surface area contributed by atoms with Crippen molar-refractivity contribution in [3.05, 3.63) is 42.7 Å². The third kappa shape index (κ3) is 4.62. The van der Waals surface area contributed by atoms with Crippen LogP contribution in [0.1, 0.15) is 0 Å². The first-order valence-electron chi connectivity index (χ1n) is 6.30. The van der Waals surface area contributed by atoms with Crippen LogP contribution < -0.4 is 10.1 Å². The maximum absolute atomic E-state index is 11.6. The zero-order chi connectivity index (χ0) is 14.2. The minimum atomic E-state index is -0.0188. The lowest BCUT2D eigenvalue weighted by Crippen LogP contribution is -2.29. The first kappa shape index (κ1) is 14.5. The minimum absolute atomic E-state index is 0.0188. The van der Waals surface area contributed by atoms with Gasteiger partial charge >= 0.3 is 0 Å². The fourth-order valence-corrected chi connectivity index (χ4v) is 2.31. The number of rotatable bonds is 7. The van der Waals surface area contributed by atoms with Gasteiger partial charge in [-0.15, -0.1) is 0 Å². The number of nitrogens with one attached hydrogen (secondary N) is 1. The van der Waals surface area contributed by atoms with Crippen molar-refractivity contribution in [2.75, 3.05) is 18.9 Å². The Morgan fingerprint density at radius 3 is 2.90 bits per heavy atom. The van der Waals surface area contributed by atoms with Crippen LogP contribution in [0.4, 0.5) is 0 Å². The zero-order valence-electron chi connectivity index (χ0n) is 11.3. The summed E-state index contributed by atoms with van der Waals surface area (Å²) in [5.41, 5.74) is 0. The molecule has 0 aliphatic rings. The predicted molar refractivity (Wildman–Crippen MR) is 78.9 cm³/mol. The van der Waals surface area contributed by atoms with E-state index in [0.717, 1.165) is 10.9 Å². The van der Waals surface area contributed by atoms with Crippen molar-refractivity contribution in [3.63, 3.8) is 0 Å². The number of carbonyl (C=O) groups is 1. The predicted octanol–water partition coefficient (Wildman–Crippen LogP) is 1.71. The molecule has 0 atom stereocenters. The number of nitrogens with zero attached hydrogens (tertiary/aromatic N) is 2. The van der Waals surface area contributed by atoms with Gasteiger partial charge in [0.15, 0.2) is 5.16 Å². The van der Waals surface area contributed by atoms with Gasteiger partial charge in [-0.25, -0.2) is 4.98 Å². The van der Waals surface area contributed by atoms with E-state index in [1.807, 2.05) is 48.1 Å². The van der Waals surface area contributed by atoms with Crippen molar-refractivity contribution >= 4 is 17.7 Å². The number of thioether (sulfide) groups is 1. The van der Waals surface area contributed by atoms with Gasteiger partial charge in [0.05, 0.1) is 12.3 Å². The van der Waals surface area contributed by atoms with Crippen molar-refractivity contribution in [2.24, 2.45) is 7.05 Å². The summed E-state index contributed by atoms with van der Waals surface area (Å²) in [5.74, 6) is 1.15.